The molecule has 3 aromatic rings. The first-order chi connectivity index (χ1) is 11.9. The molecule has 0 amide bonds. The molecule has 0 spiro atoms. The third-order valence-electron chi connectivity index (χ3n) is 4.84. The molecule has 0 N–H and O–H groups in total. The fourth-order valence-electron chi connectivity index (χ4n) is 3.51. The Morgan fingerprint density at radius 3 is 2.54 bits per heavy atom. The Kier molecular flexibility index (Phi) is 4.45. The van der Waals surface area contributed by atoms with Crippen LogP contribution in [0.2, 0.25) is 0 Å². The third-order valence-corrected chi connectivity index (χ3v) is 4.84. The fraction of sp³-hybridized carbons (Fsp3) is 0.400. The molecule has 4 nitrogen and oxygen atoms in total. The van der Waals surface area contributed by atoms with Gasteiger partial charge in [-0.3, -0.25) is 0 Å². The normalized spacial score (nSPS) is 16.2. The van der Waals surface area contributed by atoms with E-state index in [0.29, 0.717) is 18.5 Å². The van der Waals surface area contributed by atoms with Crippen molar-refractivity contribution < 1.29 is 4.74 Å². The van der Waals surface area contributed by atoms with Crippen LogP contribution in [0.1, 0.15) is 50.1 Å². The van der Waals surface area contributed by atoms with E-state index in [-0.39, 0.29) is 0 Å². The summed E-state index contributed by atoms with van der Waals surface area (Å²) in [6, 6.07) is 14.6. The van der Waals surface area contributed by atoms with E-state index in [2.05, 4.69) is 21.7 Å². The summed E-state index contributed by atoms with van der Waals surface area (Å²) in [6.07, 6.45) is 9.70. The summed E-state index contributed by atoms with van der Waals surface area (Å²) >= 11 is 0. The molecule has 0 unspecified atom stereocenters. The molecule has 0 bridgehead atoms. The SMILES string of the molecule is c1ccc(COc2ccc3ncn(C4CCCCCC4)c3n2)cc1. The largest absolute Gasteiger partial charge is 0.473 e. The van der Waals surface area contributed by atoms with E-state index in [1.54, 1.807) is 0 Å². The van der Waals surface area contributed by atoms with Gasteiger partial charge < -0.3 is 9.30 Å². The van der Waals surface area contributed by atoms with Crippen molar-refractivity contribution in [3.05, 3.63) is 54.4 Å². The second-order valence-corrected chi connectivity index (χ2v) is 6.56. The highest BCUT2D eigenvalue weighted by Crippen LogP contribution is 2.30. The predicted molar refractivity (Wildman–Crippen MR) is 95.0 cm³/mol. The maximum Gasteiger partial charge on any atom is 0.215 e. The summed E-state index contributed by atoms with van der Waals surface area (Å²) in [6.45, 7) is 0.539. The Morgan fingerprint density at radius 1 is 0.958 bits per heavy atom. The highest BCUT2D eigenvalue weighted by molar-refractivity contribution is 5.71. The minimum Gasteiger partial charge on any atom is -0.473 e. The lowest BCUT2D eigenvalue weighted by Crippen LogP contribution is -2.08. The molecule has 2 heterocycles. The fourth-order valence-corrected chi connectivity index (χ4v) is 3.51. The molecule has 4 heteroatoms. The molecule has 1 fully saturated rings. The molecule has 0 aliphatic heterocycles. The zero-order valence-corrected chi connectivity index (χ0v) is 13.9. The number of pyridine rings is 1. The van der Waals surface area contributed by atoms with Gasteiger partial charge in [0.05, 0.1) is 6.33 Å². The van der Waals surface area contributed by atoms with Crippen LogP contribution in [0.25, 0.3) is 11.2 Å². The second-order valence-electron chi connectivity index (χ2n) is 6.56. The van der Waals surface area contributed by atoms with Crippen molar-refractivity contribution in [2.24, 2.45) is 0 Å². The summed E-state index contributed by atoms with van der Waals surface area (Å²) in [5.41, 5.74) is 3.05. The molecular weight excluding hydrogens is 298 g/mol. The van der Waals surface area contributed by atoms with Gasteiger partial charge >= 0.3 is 0 Å². The van der Waals surface area contributed by atoms with Crippen LogP contribution in [0.4, 0.5) is 0 Å². The zero-order valence-electron chi connectivity index (χ0n) is 13.9. The molecule has 0 atom stereocenters. The second kappa shape index (κ2) is 7.04. The van der Waals surface area contributed by atoms with Gasteiger partial charge in [0.2, 0.25) is 5.88 Å². The highest BCUT2D eigenvalue weighted by atomic mass is 16.5. The van der Waals surface area contributed by atoms with Crippen LogP contribution in [-0.2, 0) is 6.61 Å². The summed E-state index contributed by atoms with van der Waals surface area (Å²) < 4.78 is 8.14. The van der Waals surface area contributed by atoms with Gasteiger partial charge in [-0.2, -0.15) is 4.98 Å². The Morgan fingerprint density at radius 2 is 1.75 bits per heavy atom. The number of rotatable bonds is 4. The monoisotopic (exact) mass is 321 g/mol. The molecule has 0 radical (unpaired) electrons. The van der Waals surface area contributed by atoms with Crippen LogP contribution in [0.3, 0.4) is 0 Å². The molecule has 1 aliphatic carbocycles. The summed E-state index contributed by atoms with van der Waals surface area (Å²) in [5, 5.41) is 0. The lowest BCUT2D eigenvalue weighted by Gasteiger charge is -2.16. The topological polar surface area (TPSA) is 39.9 Å². The van der Waals surface area contributed by atoms with Crippen molar-refractivity contribution in [1.29, 1.82) is 0 Å². The molecule has 24 heavy (non-hydrogen) atoms. The number of benzene rings is 1. The first-order valence-electron chi connectivity index (χ1n) is 8.90. The van der Waals surface area contributed by atoms with Gasteiger partial charge in [-0.25, -0.2) is 4.98 Å². The van der Waals surface area contributed by atoms with Gasteiger partial charge in [0.25, 0.3) is 0 Å². The number of hydrogen-bond donors (Lipinski definition) is 0. The van der Waals surface area contributed by atoms with Crippen molar-refractivity contribution in [2.75, 3.05) is 0 Å². The standard InChI is InChI=1S/C20H23N3O/c1-2-7-11-17(10-6-1)23-15-21-18-12-13-19(22-20(18)23)24-14-16-8-4-3-5-9-16/h3-5,8-9,12-13,15,17H,1-2,6-7,10-11,14H2. The average molecular weight is 321 g/mol. The quantitative estimate of drug-likeness (QED) is 0.641. The predicted octanol–water partition coefficient (Wildman–Crippen LogP) is 4.91. The lowest BCUT2D eigenvalue weighted by atomic mass is 10.1. The van der Waals surface area contributed by atoms with Crippen LogP contribution < -0.4 is 4.74 Å². The number of ether oxygens (including phenoxy) is 1. The van der Waals surface area contributed by atoms with Crippen molar-refractivity contribution in [2.45, 2.75) is 51.2 Å². The first kappa shape index (κ1) is 15.2. The molecule has 2 aromatic heterocycles. The number of fused-ring (bicyclic) bond motifs is 1. The van der Waals surface area contributed by atoms with Crippen molar-refractivity contribution >= 4 is 11.2 Å². The van der Waals surface area contributed by atoms with E-state index in [1.807, 2.05) is 36.7 Å². The molecule has 124 valence electrons. The smallest absolute Gasteiger partial charge is 0.215 e. The van der Waals surface area contributed by atoms with Gasteiger partial charge in [0.1, 0.15) is 12.1 Å². The van der Waals surface area contributed by atoms with Crippen LogP contribution in [-0.4, -0.2) is 14.5 Å². The van der Waals surface area contributed by atoms with Gasteiger partial charge in [0, 0.05) is 12.1 Å². The van der Waals surface area contributed by atoms with E-state index < -0.39 is 0 Å². The van der Waals surface area contributed by atoms with Gasteiger partial charge in [0.15, 0.2) is 5.65 Å². The minimum atomic E-state index is 0.523. The number of nitrogens with zero attached hydrogens (tertiary/aromatic N) is 3. The van der Waals surface area contributed by atoms with Crippen LogP contribution in [0.5, 0.6) is 5.88 Å². The summed E-state index contributed by atoms with van der Waals surface area (Å²) in [5.74, 6) is 0.668. The molecule has 4 rings (SSSR count). The van der Waals surface area contributed by atoms with Gasteiger partial charge in [-0.15, -0.1) is 0 Å². The highest BCUT2D eigenvalue weighted by Gasteiger charge is 2.17. The Hall–Kier alpha value is -2.36. The minimum absolute atomic E-state index is 0.523. The summed E-state index contributed by atoms with van der Waals surface area (Å²) in [4.78, 5) is 9.26. The molecular formula is C20H23N3O. The van der Waals surface area contributed by atoms with Gasteiger partial charge in [-0.05, 0) is 24.5 Å². The van der Waals surface area contributed by atoms with E-state index in [0.717, 1.165) is 16.7 Å². The number of aromatic nitrogens is 3. The van der Waals surface area contributed by atoms with Crippen LogP contribution >= 0.6 is 0 Å². The maximum atomic E-state index is 5.88. The molecule has 1 aliphatic rings. The Balaban J connectivity index is 1.56. The zero-order chi connectivity index (χ0) is 16.2. The summed E-state index contributed by atoms with van der Waals surface area (Å²) in [7, 11) is 0. The van der Waals surface area contributed by atoms with E-state index in [1.165, 1.54) is 38.5 Å². The van der Waals surface area contributed by atoms with Crippen LogP contribution in [0, 0.1) is 0 Å². The van der Waals surface area contributed by atoms with Crippen LogP contribution in [0.15, 0.2) is 48.8 Å². The Bertz CT molecular complexity index is 789. The Labute approximate surface area is 142 Å². The molecule has 1 aromatic carbocycles. The lowest BCUT2D eigenvalue weighted by molar-refractivity contribution is 0.294. The first-order valence-corrected chi connectivity index (χ1v) is 8.90. The van der Waals surface area contributed by atoms with E-state index in [4.69, 9.17) is 9.72 Å². The van der Waals surface area contributed by atoms with E-state index >= 15 is 0 Å². The van der Waals surface area contributed by atoms with E-state index in [9.17, 15) is 0 Å². The van der Waals surface area contributed by atoms with Crippen molar-refractivity contribution in [3.8, 4) is 5.88 Å². The molecule has 1 saturated carbocycles. The van der Waals surface area contributed by atoms with Crippen molar-refractivity contribution in [3.63, 3.8) is 0 Å². The van der Waals surface area contributed by atoms with Crippen molar-refractivity contribution in [1.82, 2.24) is 14.5 Å². The average Bonchev–Trinajstić information content (AvgIpc) is 2.86. The number of imidazole rings is 1. The number of hydrogen-bond acceptors (Lipinski definition) is 3. The third kappa shape index (κ3) is 3.28. The van der Waals surface area contributed by atoms with Gasteiger partial charge in [-0.1, -0.05) is 56.0 Å². The maximum absolute atomic E-state index is 5.88. The molecule has 0 saturated heterocycles.